The highest BCUT2D eigenvalue weighted by Crippen LogP contribution is 2.25. The van der Waals surface area contributed by atoms with Crippen molar-refractivity contribution in [2.75, 3.05) is 0 Å². The molecule has 0 aliphatic heterocycles. The van der Waals surface area contributed by atoms with Crippen molar-refractivity contribution in [3.05, 3.63) is 32.1 Å². The number of aromatic amines is 1. The Balaban J connectivity index is 2.46. The van der Waals surface area contributed by atoms with Gasteiger partial charge in [-0.2, -0.15) is 0 Å². The monoisotopic (exact) mass is 228 g/mol. The molecule has 0 saturated heterocycles. The number of hydrogen-bond donors (Lipinski definition) is 1. The molecule has 0 radical (unpaired) electrons. The average molecular weight is 229 g/mol. The van der Waals surface area contributed by atoms with Crippen molar-refractivity contribution >= 4 is 11.6 Å². The summed E-state index contributed by atoms with van der Waals surface area (Å²) in [5.41, 5.74) is -0.719. The maximum atomic E-state index is 11.7. The van der Waals surface area contributed by atoms with Crippen LogP contribution in [0.4, 0.5) is 0 Å². The lowest BCUT2D eigenvalue weighted by Gasteiger charge is -2.22. The molecule has 0 atom stereocenters. The smallest absolute Gasteiger partial charge is 0.312 e. The van der Waals surface area contributed by atoms with Crippen molar-refractivity contribution in [1.29, 1.82) is 0 Å². The molecule has 1 saturated carbocycles. The third kappa shape index (κ3) is 2.00. The Morgan fingerprint density at radius 2 is 1.93 bits per heavy atom. The van der Waals surface area contributed by atoms with E-state index in [-0.39, 0.29) is 22.3 Å². The molecule has 1 fully saturated rings. The second-order valence-electron chi connectivity index (χ2n) is 3.91. The number of hydrogen-bond acceptors (Lipinski definition) is 2. The molecule has 0 bridgehead atoms. The van der Waals surface area contributed by atoms with E-state index in [9.17, 15) is 9.59 Å². The quantitative estimate of drug-likeness (QED) is 0.796. The van der Waals surface area contributed by atoms with Gasteiger partial charge in [-0.15, -0.1) is 0 Å². The summed E-state index contributed by atoms with van der Waals surface area (Å²) >= 11 is 5.70. The van der Waals surface area contributed by atoms with Crippen LogP contribution in [0.15, 0.2) is 15.8 Å². The van der Waals surface area contributed by atoms with E-state index in [0.29, 0.717) is 0 Å². The van der Waals surface area contributed by atoms with E-state index in [1.54, 1.807) is 0 Å². The molecular weight excluding hydrogens is 216 g/mol. The zero-order valence-electron chi connectivity index (χ0n) is 8.33. The molecule has 0 unspecified atom stereocenters. The van der Waals surface area contributed by atoms with Gasteiger partial charge in [0.2, 0.25) is 0 Å². The second-order valence-corrected chi connectivity index (χ2v) is 4.32. The van der Waals surface area contributed by atoms with Crippen molar-refractivity contribution in [1.82, 2.24) is 9.55 Å². The third-order valence-electron chi connectivity index (χ3n) is 2.90. The van der Waals surface area contributed by atoms with Gasteiger partial charge in [0.1, 0.15) is 5.02 Å². The van der Waals surface area contributed by atoms with Gasteiger partial charge in [0, 0.05) is 12.2 Å². The van der Waals surface area contributed by atoms with E-state index in [0.717, 1.165) is 25.7 Å². The topological polar surface area (TPSA) is 54.9 Å². The van der Waals surface area contributed by atoms with Crippen LogP contribution in [0.3, 0.4) is 0 Å². The van der Waals surface area contributed by atoms with Crippen LogP contribution in [-0.2, 0) is 0 Å². The molecule has 4 nitrogen and oxygen atoms in total. The molecule has 0 aromatic carbocycles. The van der Waals surface area contributed by atoms with Crippen molar-refractivity contribution in [2.24, 2.45) is 0 Å². The molecule has 1 heterocycles. The molecule has 15 heavy (non-hydrogen) atoms. The standard InChI is InChI=1S/C10H13ClN2O2/c11-8-6-12-10(15)13(9(8)14)7-4-2-1-3-5-7/h6-7H,1-5H2,(H,12,15). The first-order valence-corrected chi connectivity index (χ1v) is 5.57. The first-order chi connectivity index (χ1) is 7.20. The van der Waals surface area contributed by atoms with E-state index < -0.39 is 0 Å². The van der Waals surface area contributed by atoms with Crippen LogP contribution in [0.5, 0.6) is 0 Å². The number of H-pyrrole nitrogens is 1. The van der Waals surface area contributed by atoms with Crippen molar-refractivity contribution < 1.29 is 0 Å². The molecule has 0 spiro atoms. The van der Waals surface area contributed by atoms with Crippen LogP contribution in [-0.4, -0.2) is 9.55 Å². The minimum absolute atomic E-state index is 0.0219. The summed E-state index contributed by atoms with van der Waals surface area (Å²) in [6.45, 7) is 0. The van der Waals surface area contributed by atoms with Crippen LogP contribution in [0, 0.1) is 0 Å². The molecular formula is C10H13ClN2O2. The normalized spacial score (nSPS) is 17.9. The van der Waals surface area contributed by atoms with Gasteiger partial charge >= 0.3 is 5.69 Å². The predicted molar refractivity (Wildman–Crippen MR) is 58.5 cm³/mol. The highest BCUT2D eigenvalue weighted by molar-refractivity contribution is 6.30. The van der Waals surface area contributed by atoms with Gasteiger partial charge in [0.05, 0.1) is 0 Å². The summed E-state index contributed by atoms with van der Waals surface area (Å²) in [6, 6.07) is 0.0219. The SMILES string of the molecule is O=c1[nH]cc(Cl)c(=O)n1C1CCCCC1. The molecule has 1 aliphatic rings. The molecule has 0 amide bonds. The van der Waals surface area contributed by atoms with Gasteiger partial charge in [-0.1, -0.05) is 30.9 Å². The van der Waals surface area contributed by atoms with E-state index in [4.69, 9.17) is 11.6 Å². The van der Waals surface area contributed by atoms with E-state index in [2.05, 4.69) is 4.98 Å². The number of rotatable bonds is 1. The summed E-state index contributed by atoms with van der Waals surface area (Å²) < 4.78 is 1.27. The maximum Gasteiger partial charge on any atom is 0.328 e. The molecule has 5 heteroatoms. The van der Waals surface area contributed by atoms with Gasteiger partial charge in [-0.3, -0.25) is 9.36 Å². The predicted octanol–water partition coefficient (Wildman–Crippen LogP) is 1.70. The van der Waals surface area contributed by atoms with Gasteiger partial charge in [0.15, 0.2) is 0 Å². The van der Waals surface area contributed by atoms with Gasteiger partial charge < -0.3 is 4.98 Å². The summed E-state index contributed by atoms with van der Waals surface area (Å²) in [6.07, 6.45) is 6.37. The third-order valence-corrected chi connectivity index (χ3v) is 3.17. The second kappa shape index (κ2) is 4.23. The Kier molecular flexibility index (Phi) is 2.95. The first-order valence-electron chi connectivity index (χ1n) is 5.20. The lowest BCUT2D eigenvalue weighted by atomic mass is 9.95. The summed E-state index contributed by atoms with van der Waals surface area (Å²) in [4.78, 5) is 25.7. The number of nitrogens with zero attached hydrogens (tertiary/aromatic N) is 1. The molecule has 1 aromatic heterocycles. The summed E-state index contributed by atoms with van der Waals surface area (Å²) in [5.74, 6) is 0. The lowest BCUT2D eigenvalue weighted by molar-refractivity contribution is 0.336. The Morgan fingerprint density at radius 1 is 1.27 bits per heavy atom. The van der Waals surface area contributed by atoms with Gasteiger partial charge in [-0.05, 0) is 12.8 Å². The Hall–Kier alpha value is -1.03. The van der Waals surface area contributed by atoms with Crippen molar-refractivity contribution in [2.45, 2.75) is 38.1 Å². The van der Waals surface area contributed by atoms with E-state index in [1.807, 2.05) is 0 Å². The Morgan fingerprint density at radius 3 is 2.60 bits per heavy atom. The number of nitrogens with one attached hydrogen (secondary N) is 1. The van der Waals surface area contributed by atoms with E-state index in [1.165, 1.54) is 17.2 Å². The molecule has 2 rings (SSSR count). The zero-order chi connectivity index (χ0) is 10.8. The molecule has 1 aromatic rings. The van der Waals surface area contributed by atoms with Crippen LogP contribution < -0.4 is 11.2 Å². The van der Waals surface area contributed by atoms with Crippen molar-refractivity contribution in [3.63, 3.8) is 0 Å². The minimum atomic E-state index is -0.368. The fraction of sp³-hybridized carbons (Fsp3) is 0.600. The fourth-order valence-electron chi connectivity index (χ4n) is 2.13. The number of halogens is 1. The molecule has 82 valence electrons. The van der Waals surface area contributed by atoms with E-state index >= 15 is 0 Å². The molecule has 1 aliphatic carbocycles. The maximum absolute atomic E-state index is 11.7. The van der Waals surface area contributed by atoms with Crippen LogP contribution in [0.1, 0.15) is 38.1 Å². The average Bonchev–Trinajstić information content (AvgIpc) is 2.26. The lowest BCUT2D eigenvalue weighted by Crippen LogP contribution is -2.38. The van der Waals surface area contributed by atoms with Gasteiger partial charge in [0.25, 0.3) is 5.56 Å². The highest BCUT2D eigenvalue weighted by atomic mass is 35.5. The van der Waals surface area contributed by atoms with Crippen molar-refractivity contribution in [3.8, 4) is 0 Å². The summed E-state index contributed by atoms with van der Waals surface area (Å²) in [7, 11) is 0. The zero-order valence-corrected chi connectivity index (χ0v) is 9.09. The Labute approximate surface area is 91.9 Å². The van der Waals surface area contributed by atoms with Crippen LogP contribution in [0.25, 0.3) is 0 Å². The number of aromatic nitrogens is 2. The summed E-state index contributed by atoms with van der Waals surface area (Å²) in [5, 5.41) is 0.0835. The first kappa shape index (κ1) is 10.5. The highest BCUT2D eigenvalue weighted by Gasteiger charge is 2.19. The molecule has 1 N–H and O–H groups in total. The van der Waals surface area contributed by atoms with Crippen LogP contribution in [0.2, 0.25) is 5.02 Å². The fourth-order valence-corrected chi connectivity index (χ4v) is 2.28. The Bertz CT molecular complexity index is 457. The largest absolute Gasteiger partial charge is 0.328 e. The van der Waals surface area contributed by atoms with Crippen LogP contribution >= 0.6 is 11.6 Å². The van der Waals surface area contributed by atoms with Gasteiger partial charge in [-0.25, -0.2) is 4.79 Å². The minimum Gasteiger partial charge on any atom is -0.312 e.